The van der Waals surface area contributed by atoms with E-state index in [1.165, 1.54) is 4.80 Å². The van der Waals surface area contributed by atoms with Crippen LogP contribution in [0.1, 0.15) is 17.9 Å². The summed E-state index contributed by atoms with van der Waals surface area (Å²) in [7, 11) is 1.77. The summed E-state index contributed by atoms with van der Waals surface area (Å²) in [5.74, 6) is -0.390. The average molecular weight is 428 g/mol. The molecule has 1 aliphatic carbocycles. The van der Waals surface area contributed by atoms with Gasteiger partial charge in [0.15, 0.2) is 0 Å². The van der Waals surface area contributed by atoms with Crippen LogP contribution in [0.25, 0.3) is 22.2 Å². The molecule has 0 aliphatic heterocycles. The Kier molecular flexibility index (Phi) is 4.40. The molecule has 4 N–H and O–H groups in total. The first kappa shape index (κ1) is 19.7. The van der Waals surface area contributed by atoms with E-state index in [0.717, 1.165) is 27.7 Å². The van der Waals surface area contributed by atoms with Crippen LogP contribution < -0.4 is 16.2 Å². The maximum atomic E-state index is 11.7. The molecule has 5 rings (SSSR count). The molecule has 4 aromatic rings. The Labute approximate surface area is 183 Å². The number of amides is 2. The number of ether oxygens (including phenoxy) is 1. The van der Waals surface area contributed by atoms with Crippen LogP contribution in [0.4, 0.5) is 0 Å². The van der Waals surface area contributed by atoms with Gasteiger partial charge in [-0.2, -0.15) is 15.0 Å². The van der Waals surface area contributed by atoms with Gasteiger partial charge in [0.25, 0.3) is 0 Å². The lowest BCUT2D eigenvalue weighted by molar-refractivity contribution is -0.133. The smallest absolute Gasteiger partial charge is 0.233 e. The summed E-state index contributed by atoms with van der Waals surface area (Å²) in [6.07, 6.45) is 3.72. The molecule has 1 atom stereocenters. The van der Waals surface area contributed by atoms with Crippen molar-refractivity contribution >= 4 is 22.7 Å². The van der Waals surface area contributed by atoms with Crippen molar-refractivity contribution in [3.8, 4) is 22.8 Å². The highest BCUT2D eigenvalue weighted by Crippen LogP contribution is 2.59. The zero-order chi connectivity index (χ0) is 22.5. The van der Waals surface area contributed by atoms with E-state index in [1.54, 1.807) is 37.6 Å². The Bertz CT molecular complexity index is 1350. The second kappa shape index (κ2) is 7.16. The third kappa shape index (κ3) is 3.15. The topological polar surface area (TPSA) is 139 Å². The van der Waals surface area contributed by atoms with Crippen molar-refractivity contribution in [1.29, 1.82) is 0 Å². The molecule has 2 amide bonds. The number of aryl methyl sites for hydroxylation is 1. The summed E-state index contributed by atoms with van der Waals surface area (Å²) in [6, 6.07) is 14.9. The molecular weight excluding hydrogens is 408 g/mol. The van der Waals surface area contributed by atoms with Crippen molar-refractivity contribution in [2.75, 3.05) is 0 Å². The van der Waals surface area contributed by atoms with Gasteiger partial charge >= 0.3 is 0 Å². The normalized spacial score (nSPS) is 16.6. The number of nitrogens with zero attached hydrogens (tertiary/aromatic N) is 4. The van der Waals surface area contributed by atoms with Crippen LogP contribution in [0.3, 0.4) is 0 Å². The Morgan fingerprint density at radius 1 is 1.09 bits per heavy atom. The van der Waals surface area contributed by atoms with Gasteiger partial charge in [0.05, 0.1) is 11.7 Å². The van der Waals surface area contributed by atoms with E-state index < -0.39 is 17.2 Å². The number of nitrogens with two attached hydrogens (primary N) is 2. The maximum absolute atomic E-state index is 11.7. The predicted octanol–water partition coefficient (Wildman–Crippen LogP) is 2.27. The van der Waals surface area contributed by atoms with Crippen molar-refractivity contribution in [3.63, 3.8) is 0 Å². The summed E-state index contributed by atoms with van der Waals surface area (Å²) < 4.78 is 6.09. The molecule has 0 radical (unpaired) electrons. The van der Waals surface area contributed by atoms with E-state index in [4.69, 9.17) is 16.2 Å². The fourth-order valence-corrected chi connectivity index (χ4v) is 4.07. The molecule has 0 spiro atoms. The van der Waals surface area contributed by atoms with Gasteiger partial charge in [0.2, 0.25) is 11.8 Å². The minimum Gasteiger partial charge on any atom is -0.457 e. The predicted molar refractivity (Wildman–Crippen MR) is 116 cm³/mol. The first-order valence-electron chi connectivity index (χ1n) is 10.0. The van der Waals surface area contributed by atoms with Crippen LogP contribution in [0.15, 0.2) is 60.9 Å². The third-order valence-corrected chi connectivity index (χ3v) is 5.95. The van der Waals surface area contributed by atoms with E-state index in [1.807, 2.05) is 30.3 Å². The number of carbonyl (C=O) groups excluding carboxylic acids is 2. The zero-order valence-corrected chi connectivity index (χ0v) is 17.2. The largest absolute Gasteiger partial charge is 0.457 e. The molecule has 1 fully saturated rings. The van der Waals surface area contributed by atoms with Crippen LogP contribution in [0, 0.1) is 5.41 Å². The monoisotopic (exact) mass is 428 g/mol. The number of carbonyl (C=O) groups is 2. The third-order valence-electron chi connectivity index (χ3n) is 5.95. The minimum atomic E-state index is -1.29. The first-order chi connectivity index (χ1) is 15.4. The standard InChI is InChI=1S/C23H20N6O3/c1-29-27-12-19(28-29)14-4-7-16-18(10-14)26-9-8-20(16)32-15-5-2-13(3-6-15)17-11-23(17,21(24)30)22(25)31/h2-10,12,17H,11H2,1H3,(H2,24,30)(H2,25,31). The van der Waals surface area contributed by atoms with E-state index in [0.29, 0.717) is 17.9 Å². The molecule has 9 heteroatoms. The van der Waals surface area contributed by atoms with Gasteiger partial charge in [-0.3, -0.25) is 14.6 Å². The molecule has 1 aliphatic rings. The lowest BCUT2D eigenvalue weighted by Gasteiger charge is -2.11. The van der Waals surface area contributed by atoms with Crippen molar-refractivity contribution in [3.05, 3.63) is 66.5 Å². The molecule has 0 saturated heterocycles. The second-order valence-electron chi connectivity index (χ2n) is 7.89. The number of fused-ring (bicyclic) bond motifs is 1. The summed E-state index contributed by atoms with van der Waals surface area (Å²) in [6.45, 7) is 0. The van der Waals surface area contributed by atoms with E-state index in [2.05, 4.69) is 15.2 Å². The first-order valence-corrected chi connectivity index (χ1v) is 10.0. The molecule has 1 saturated carbocycles. The molecule has 160 valence electrons. The molecule has 32 heavy (non-hydrogen) atoms. The lowest BCUT2D eigenvalue weighted by Crippen LogP contribution is -2.38. The number of benzene rings is 2. The highest BCUT2D eigenvalue weighted by molar-refractivity contribution is 6.08. The molecule has 9 nitrogen and oxygen atoms in total. The van der Waals surface area contributed by atoms with Crippen molar-refractivity contribution in [1.82, 2.24) is 20.0 Å². The van der Waals surface area contributed by atoms with Crippen LogP contribution >= 0.6 is 0 Å². The van der Waals surface area contributed by atoms with Crippen molar-refractivity contribution < 1.29 is 14.3 Å². The Hall–Kier alpha value is -4.27. The summed E-state index contributed by atoms with van der Waals surface area (Å²) in [5, 5.41) is 9.29. The number of pyridine rings is 1. The van der Waals surface area contributed by atoms with Gasteiger partial charge in [0, 0.05) is 30.1 Å². The van der Waals surface area contributed by atoms with Crippen LogP contribution in [0.5, 0.6) is 11.5 Å². The van der Waals surface area contributed by atoms with Crippen LogP contribution in [-0.2, 0) is 16.6 Å². The van der Waals surface area contributed by atoms with Gasteiger partial charge in [-0.15, -0.1) is 0 Å². The number of primary amides is 2. The van der Waals surface area contributed by atoms with Gasteiger partial charge in [0.1, 0.15) is 22.6 Å². The molecule has 2 aromatic carbocycles. The van der Waals surface area contributed by atoms with Gasteiger partial charge in [-0.05, 0) is 42.3 Å². The zero-order valence-electron chi connectivity index (χ0n) is 17.2. The number of aromatic nitrogens is 4. The lowest BCUT2D eigenvalue weighted by atomic mass is 9.97. The van der Waals surface area contributed by atoms with Crippen LogP contribution in [0.2, 0.25) is 0 Å². The fraction of sp³-hybridized carbons (Fsp3) is 0.174. The number of hydrogen-bond donors (Lipinski definition) is 2. The number of hydrogen-bond acceptors (Lipinski definition) is 6. The molecular formula is C23H20N6O3. The summed E-state index contributed by atoms with van der Waals surface area (Å²) in [5.41, 5.74) is 12.8. The molecule has 2 aromatic heterocycles. The minimum absolute atomic E-state index is 0.298. The molecule has 2 heterocycles. The number of rotatable bonds is 6. The van der Waals surface area contributed by atoms with Gasteiger partial charge < -0.3 is 16.2 Å². The maximum Gasteiger partial charge on any atom is 0.233 e. The van der Waals surface area contributed by atoms with Crippen LogP contribution in [-0.4, -0.2) is 31.8 Å². The van der Waals surface area contributed by atoms with E-state index in [-0.39, 0.29) is 5.92 Å². The SMILES string of the molecule is Cn1ncc(-c2ccc3c(Oc4ccc(C5CC5(C(N)=O)C(N)=O)cc4)ccnc3c2)n1. The average Bonchev–Trinajstić information content (AvgIpc) is 3.42. The Morgan fingerprint density at radius 3 is 2.47 bits per heavy atom. The van der Waals surface area contributed by atoms with Gasteiger partial charge in [-0.1, -0.05) is 18.2 Å². The Morgan fingerprint density at radius 2 is 1.84 bits per heavy atom. The van der Waals surface area contributed by atoms with E-state index >= 15 is 0 Å². The second-order valence-corrected chi connectivity index (χ2v) is 7.89. The summed E-state index contributed by atoms with van der Waals surface area (Å²) >= 11 is 0. The van der Waals surface area contributed by atoms with Gasteiger partial charge in [-0.25, -0.2) is 0 Å². The molecule has 1 unspecified atom stereocenters. The summed E-state index contributed by atoms with van der Waals surface area (Å²) in [4.78, 5) is 29.4. The fourth-order valence-electron chi connectivity index (χ4n) is 4.07. The molecule has 0 bridgehead atoms. The van der Waals surface area contributed by atoms with Crippen molar-refractivity contribution in [2.24, 2.45) is 23.9 Å². The Balaban J connectivity index is 1.39. The van der Waals surface area contributed by atoms with E-state index in [9.17, 15) is 9.59 Å². The van der Waals surface area contributed by atoms with Crippen molar-refractivity contribution in [2.45, 2.75) is 12.3 Å². The highest BCUT2D eigenvalue weighted by Gasteiger charge is 2.64. The quantitative estimate of drug-likeness (QED) is 0.452. The highest BCUT2D eigenvalue weighted by atomic mass is 16.5.